The van der Waals surface area contributed by atoms with Crippen molar-refractivity contribution >= 4 is 35.3 Å². The van der Waals surface area contributed by atoms with Gasteiger partial charge in [-0.3, -0.25) is 24.7 Å². The molecule has 1 fully saturated rings. The van der Waals surface area contributed by atoms with Crippen molar-refractivity contribution in [3.8, 4) is 0 Å². The second-order valence-electron chi connectivity index (χ2n) is 16.6. The molecule has 0 bridgehead atoms. The number of carbonyl (C=O) groups is 3. The van der Waals surface area contributed by atoms with Gasteiger partial charge in [0.25, 0.3) is 5.91 Å². The van der Waals surface area contributed by atoms with Crippen LogP contribution in [0.1, 0.15) is 103 Å². The van der Waals surface area contributed by atoms with Crippen molar-refractivity contribution in [1.82, 2.24) is 36.8 Å². The van der Waals surface area contributed by atoms with Crippen LogP contribution < -0.4 is 60.6 Å². The third-order valence-corrected chi connectivity index (χ3v) is 11.7. The van der Waals surface area contributed by atoms with Gasteiger partial charge in [-0.05, 0) is 103 Å². The molecule has 6 atom stereocenters. The average Bonchev–Trinajstić information content (AvgIpc) is 3.27. The summed E-state index contributed by atoms with van der Waals surface area (Å²) >= 11 is 6.06. The van der Waals surface area contributed by atoms with Gasteiger partial charge in [-0.1, -0.05) is 37.3 Å². The molecule has 0 spiro atoms. The number of rotatable bonds is 34. The molecule has 0 radical (unpaired) electrons. The molecule has 1 aliphatic heterocycles. The van der Waals surface area contributed by atoms with Gasteiger partial charge in [-0.25, -0.2) is 0 Å². The van der Waals surface area contributed by atoms with E-state index in [9.17, 15) is 29.7 Å². The molecule has 0 aromatic rings. The summed E-state index contributed by atoms with van der Waals surface area (Å²) in [4.78, 5) is 44.6. The average molecular weight is 921 g/mol. The molecule has 1 aliphatic carbocycles. The normalized spacial score (nSPS) is 21.3. The molecule has 0 saturated heterocycles. The van der Waals surface area contributed by atoms with Crippen LogP contribution in [0.2, 0.25) is 0 Å². The van der Waals surface area contributed by atoms with E-state index in [1.54, 1.807) is 0 Å². The van der Waals surface area contributed by atoms with Crippen molar-refractivity contribution in [3.63, 3.8) is 0 Å². The molecule has 21 nitrogen and oxygen atoms in total. The minimum atomic E-state index is -1.56. The van der Waals surface area contributed by atoms with E-state index in [0.717, 1.165) is 83.6 Å². The highest BCUT2D eigenvalue weighted by Crippen LogP contribution is 2.29. The van der Waals surface area contributed by atoms with Crippen molar-refractivity contribution in [2.45, 2.75) is 145 Å². The summed E-state index contributed by atoms with van der Waals surface area (Å²) in [7, 11) is 0. The lowest BCUT2D eigenvalue weighted by molar-refractivity contribution is -0.124. The number of amides is 3. The van der Waals surface area contributed by atoms with Crippen molar-refractivity contribution in [1.29, 1.82) is 0 Å². The van der Waals surface area contributed by atoms with Crippen molar-refractivity contribution < 1.29 is 39.5 Å². The van der Waals surface area contributed by atoms with Crippen molar-refractivity contribution in [3.05, 3.63) is 11.5 Å². The lowest BCUT2D eigenvalue weighted by Crippen LogP contribution is -2.58. The predicted octanol–water partition coefficient (Wildman–Crippen LogP) is -2.67. The summed E-state index contributed by atoms with van der Waals surface area (Å²) in [5.74, 6) is -0.0355. The number of nitrogens with one attached hydrogen (secondary N) is 6. The number of carbonyl (C=O) groups excluding carboxylic acids is 3. The number of ether oxygens (including phenoxy) is 1. The standard InChI is InChI=1S/C41H82ClN13O8/c42-36-38(46)53-37(45)34(52-36)40(62)54-41(47)50-19-7-4-10-28-13-15-29(16-14-28)63-25-24-55(22-8-20-48-33(59)12-2-1-5-17-43)23-9-21-49-39(61)30(11-3-6-18-44)51-26-31(57)35(60)32(58)27-56/h28-32,35-36,38,51-53,56-58,60H,1-27,43-46H2,(H,48,59)(H,49,61)(H3,47,50,54,62)/t28?,29?,30-,31-,32+,35+,36?,38?/m0/s1. The molecule has 20 N–H and O–H groups in total. The summed E-state index contributed by atoms with van der Waals surface area (Å²) in [6.07, 6.45) is 8.78. The van der Waals surface area contributed by atoms with Crippen molar-refractivity contribution in [2.75, 3.05) is 72.1 Å². The number of hydrogen-bond acceptors (Lipinski definition) is 17. The van der Waals surface area contributed by atoms with E-state index < -0.39 is 48.5 Å². The number of guanidine groups is 1. The van der Waals surface area contributed by atoms with Crippen LogP contribution in [-0.4, -0.2) is 163 Å². The van der Waals surface area contributed by atoms with Gasteiger partial charge in [0.15, 0.2) is 5.96 Å². The third-order valence-electron chi connectivity index (χ3n) is 11.4. The van der Waals surface area contributed by atoms with E-state index in [4.69, 9.17) is 50.1 Å². The quantitative estimate of drug-likeness (QED) is 0.0103. The Labute approximate surface area is 378 Å². The first-order chi connectivity index (χ1) is 30.3. The molecule has 2 unspecified atom stereocenters. The summed E-state index contributed by atoms with van der Waals surface area (Å²) in [5.41, 5.74) is 28.1. The highest BCUT2D eigenvalue weighted by molar-refractivity contribution is 6.21. The van der Waals surface area contributed by atoms with E-state index in [0.29, 0.717) is 84.0 Å². The number of nitrogens with zero attached hydrogens (tertiary/aromatic N) is 2. The number of unbranched alkanes of at least 4 members (excludes halogenated alkanes) is 4. The third kappa shape index (κ3) is 24.1. The van der Waals surface area contributed by atoms with Gasteiger partial charge in [0.2, 0.25) is 11.8 Å². The Balaban J connectivity index is 1.77. The van der Waals surface area contributed by atoms with Gasteiger partial charge in [-0.2, -0.15) is 0 Å². The van der Waals surface area contributed by atoms with Crippen LogP contribution in [0.5, 0.6) is 0 Å². The predicted molar refractivity (Wildman–Crippen MR) is 244 cm³/mol. The molecule has 366 valence electrons. The number of alkyl halides is 1. The van der Waals surface area contributed by atoms with Gasteiger partial charge < -0.3 is 85.3 Å². The summed E-state index contributed by atoms with van der Waals surface area (Å²) in [6, 6.07) is -0.634. The summed E-state index contributed by atoms with van der Waals surface area (Å²) < 4.78 is 6.37. The minimum absolute atomic E-state index is 0.00393. The van der Waals surface area contributed by atoms with Crippen LogP contribution in [0.3, 0.4) is 0 Å². The fraction of sp³-hybridized carbons (Fsp3) is 0.854. The molecule has 1 heterocycles. The molecule has 1 saturated carbocycles. The van der Waals surface area contributed by atoms with E-state index in [1.165, 1.54) is 0 Å². The number of hydrogen-bond donors (Lipinski definition) is 15. The Bertz CT molecular complexity index is 1350. The van der Waals surface area contributed by atoms with Crippen LogP contribution in [0.25, 0.3) is 0 Å². The molecular weight excluding hydrogens is 838 g/mol. The fourth-order valence-electron chi connectivity index (χ4n) is 7.48. The Morgan fingerprint density at radius 2 is 1.56 bits per heavy atom. The fourth-order valence-corrected chi connectivity index (χ4v) is 7.65. The summed E-state index contributed by atoms with van der Waals surface area (Å²) in [5, 5.41) is 56.0. The van der Waals surface area contributed by atoms with E-state index in [-0.39, 0.29) is 41.9 Å². The Morgan fingerprint density at radius 1 is 0.873 bits per heavy atom. The van der Waals surface area contributed by atoms with Gasteiger partial charge in [-0.15, -0.1) is 0 Å². The largest absolute Gasteiger partial charge is 0.394 e. The van der Waals surface area contributed by atoms with Crippen LogP contribution in [0, 0.1) is 5.92 Å². The molecule has 0 aromatic carbocycles. The van der Waals surface area contributed by atoms with Gasteiger partial charge in [0, 0.05) is 39.1 Å². The van der Waals surface area contributed by atoms with Gasteiger partial charge in [0.1, 0.15) is 35.4 Å². The molecule has 63 heavy (non-hydrogen) atoms. The number of aliphatic imine (C=N–C) groups is 1. The molecule has 0 aromatic heterocycles. The maximum absolute atomic E-state index is 13.2. The van der Waals surface area contributed by atoms with Crippen LogP contribution in [-0.2, 0) is 19.1 Å². The van der Waals surface area contributed by atoms with Crippen LogP contribution >= 0.6 is 11.6 Å². The highest BCUT2D eigenvalue weighted by Gasteiger charge is 2.28. The number of halogens is 1. The molecule has 22 heteroatoms. The second kappa shape index (κ2) is 33.4. The molecule has 2 rings (SSSR count). The number of nitrogens with two attached hydrogens (primary N) is 5. The first-order valence-electron chi connectivity index (χ1n) is 23.0. The lowest BCUT2D eigenvalue weighted by Gasteiger charge is -2.30. The number of aliphatic hydroxyl groups is 4. The van der Waals surface area contributed by atoms with Gasteiger partial charge >= 0.3 is 0 Å². The molecule has 2 aliphatic rings. The first kappa shape index (κ1) is 56.0. The zero-order chi connectivity index (χ0) is 46.4. The van der Waals surface area contributed by atoms with Crippen LogP contribution in [0.4, 0.5) is 0 Å². The SMILES string of the molecule is NCCCCCC(=O)NCCCN(CCCNC(=O)[C@H](CCCCN)NC[C@H](O)[C@@H](O)[C@H](O)CO)CCOC1CCC(CCCCN=C(N)NC(=O)C2=C(N)NC(N)C(Cl)N2)CC1. The van der Waals surface area contributed by atoms with Crippen LogP contribution in [0.15, 0.2) is 16.5 Å². The second-order valence-corrected chi connectivity index (χ2v) is 17.0. The van der Waals surface area contributed by atoms with Gasteiger partial charge in [0.05, 0.1) is 31.5 Å². The summed E-state index contributed by atoms with van der Waals surface area (Å²) in [6.45, 7) is 4.52. The van der Waals surface area contributed by atoms with E-state index in [2.05, 4.69) is 41.8 Å². The van der Waals surface area contributed by atoms with E-state index >= 15 is 0 Å². The maximum atomic E-state index is 13.2. The topological polar surface area (TPSA) is 359 Å². The van der Waals surface area contributed by atoms with E-state index in [1.807, 2.05) is 0 Å². The molecule has 3 amide bonds. The highest BCUT2D eigenvalue weighted by atomic mass is 35.5. The Morgan fingerprint density at radius 3 is 2.24 bits per heavy atom. The maximum Gasteiger partial charge on any atom is 0.277 e. The van der Waals surface area contributed by atoms with Crippen molar-refractivity contribution in [2.24, 2.45) is 39.6 Å². The lowest BCUT2D eigenvalue weighted by atomic mass is 9.84. The zero-order valence-electron chi connectivity index (χ0n) is 37.3. The minimum Gasteiger partial charge on any atom is -0.394 e. The first-order valence-corrected chi connectivity index (χ1v) is 23.4. The molecular formula is C41H82ClN13O8. The zero-order valence-corrected chi connectivity index (χ0v) is 38.0. The Kier molecular flexibility index (Phi) is 29.7. The Hall–Kier alpha value is -3.09. The number of aliphatic hydroxyl groups excluding tert-OH is 4. The smallest absolute Gasteiger partial charge is 0.277 e. The monoisotopic (exact) mass is 920 g/mol.